The minimum Gasteiger partial charge on any atom is -0.350 e. The van der Waals surface area contributed by atoms with Gasteiger partial charge < -0.3 is 10.2 Å². The van der Waals surface area contributed by atoms with E-state index in [1.165, 1.54) is 4.31 Å². The fourth-order valence-corrected chi connectivity index (χ4v) is 5.74. The summed E-state index contributed by atoms with van der Waals surface area (Å²) in [5.74, 6) is -0.0124. The number of benzene rings is 2. The molecule has 0 saturated carbocycles. The summed E-state index contributed by atoms with van der Waals surface area (Å²) in [5.41, 5.74) is 2.96. The molecule has 1 aliphatic rings. The molecule has 34 heavy (non-hydrogen) atoms. The van der Waals surface area contributed by atoms with Crippen molar-refractivity contribution in [2.75, 3.05) is 13.1 Å². The van der Waals surface area contributed by atoms with Gasteiger partial charge in [0.1, 0.15) is 6.04 Å². The quantitative estimate of drug-likeness (QED) is 0.590. The van der Waals surface area contributed by atoms with Crippen molar-refractivity contribution in [3.8, 4) is 0 Å². The van der Waals surface area contributed by atoms with Crippen molar-refractivity contribution in [3.05, 3.63) is 65.2 Å². The Labute approximate surface area is 203 Å². The Morgan fingerprint density at radius 1 is 1.03 bits per heavy atom. The first-order valence-electron chi connectivity index (χ1n) is 11.9. The molecule has 8 heteroatoms. The first kappa shape index (κ1) is 25.9. The molecule has 2 aromatic carbocycles. The summed E-state index contributed by atoms with van der Waals surface area (Å²) in [6, 6.07) is 13.9. The number of nitrogens with one attached hydrogen (secondary N) is 1. The van der Waals surface area contributed by atoms with E-state index < -0.39 is 16.1 Å². The maximum Gasteiger partial charge on any atom is 0.243 e. The summed E-state index contributed by atoms with van der Waals surface area (Å²) >= 11 is 0. The summed E-state index contributed by atoms with van der Waals surface area (Å²) in [6.07, 6.45) is 0.876. The fraction of sp³-hybridized carbons (Fsp3) is 0.462. The third kappa shape index (κ3) is 5.85. The van der Waals surface area contributed by atoms with Crippen LogP contribution in [0.15, 0.2) is 53.4 Å². The van der Waals surface area contributed by atoms with Gasteiger partial charge in [0.05, 0.1) is 4.90 Å². The lowest BCUT2D eigenvalue weighted by molar-refractivity contribution is -0.142. The van der Waals surface area contributed by atoms with Gasteiger partial charge in [0, 0.05) is 39.0 Å². The summed E-state index contributed by atoms with van der Waals surface area (Å²) in [5, 5.41) is 2.95. The van der Waals surface area contributed by atoms with E-state index in [4.69, 9.17) is 0 Å². The lowest BCUT2D eigenvalue weighted by Gasteiger charge is -2.36. The van der Waals surface area contributed by atoms with Gasteiger partial charge in [-0.1, -0.05) is 64.1 Å². The third-order valence-electron chi connectivity index (χ3n) is 6.19. The van der Waals surface area contributed by atoms with E-state index in [0.717, 1.165) is 16.7 Å². The molecule has 2 amide bonds. The Hall–Kier alpha value is -2.71. The number of rotatable bonds is 9. The first-order valence-corrected chi connectivity index (χ1v) is 13.3. The van der Waals surface area contributed by atoms with E-state index in [1.807, 2.05) is 52.0 Å². The Morgan fingerprint density at radius 2 is 1.65 bits per heavy atom. The van der Waals surface area contributed by atoms with Crippen LogP contribution in [0.4, 0.5) is 0 Å². The molecule has 0 radical (unpaired) electrons. The van der Waals surface area contributed by atoms with Gasteiger partial charge in [-0.3, -0.25) is 9.59 Å². The second-order valence-electron chi connectivity index (χ2n) is 9.06. The number of carbonyl (C=O) groups is 2. The van der Waals surface area contributed by atoms with Crippen molar-refractivity contribution < 1.29 is 18.0 Å². The molecular weight excluding hydrogens is 450 g/mol. The third-order valence-corrected chi connectivity index (χ3v) is 8.25. The number of fused-ring (bicyclic) bond motifs is 1. The Balaban J connectivity index is 1.71. The molecule has 0 aliphatic carbocycles. The van der Waals surface area contributed by atoms with Crippen LogP contribution in [0.1, 0.15) is 50.8 Å². The molecule has 7 nitrogen and oxygen atoms in total. The highest BCUT2D eigenvalue weighted by atomic mass is 32.2. The molecule has 1 atom stereocenters. The molecule has 0 bridgehead atoms. The maximum atomic E-state index is 13.2. The Morgan fingerprint density at radius 3 is 2.24 bits per heavy atom. The van der Waals surface area contributed by atoms with Crippen molar-refractivity contribution in [1.82, 2.24) is 14.5 Å². The van der Waals surface area contributed by atoms with Crippen LogP contribution >= 0.6 is 0 Å². The largest absolute Gasteiger partial charge is 0.350 e. The van der Waals surface area contributed by atoms with E-state index in [1.54, 1.807) is 29.2 Å². The van der Waals surface area contributed by atoms with Crippen LogP contribution in [-0.2, 0) is 39.1 Å². The zero-order valence-corrected chi connectivity index (χ0v) is 21.3. The second kappa shape index (κ2) is 11.1. The summed E-state index contributed by atoms with van der Waals surface area (Å²) < 4.78 is 26.8. The highest BCUT2D eigenvalue weighted by Crippen LogP contribution is 2.25. The molecular formula is C26H35N3O4S. The highest BCUT2D eigenvalue weighted by molar-refractivity contribution is 7.89. The van der Waals surface area contributed by atoms with Crippen molar-refractivity contribution in [3.63, 3.8) is 0 Å². The van der Waals surface area contributed by atoms with Crippen molar-refractivity contribution >= 4 is 21.8 Å². The number of carbonyl (C=O) groups excluding carboxylic acids is 2. The minimum absolute atomic E-state index is 0.0179. The average molecular weight is 486 g/mol. The van der Waals surface area contributed by atoms with Gasteiger partial charge in [0.25, 0.3) is 0 Å². The van der Waals surface area contributed by atoms with Gasteiger partial charge in [0.2, 0.25) is 21.8 Å². The lowest BCUT2D eigenvalue weighted by atomic mass is 9.92. The zero-order chi connectivity index (χ0) is 24.9. The van der Waals surface area contributed by atoms with E-state index in [-0.39, 0.29) is 29.2 Å². The number of nitrogens with zero attached hydrogens (tertiary/aromatic N) is 2. The summed E-state index contributed by atoms with van der Waals surface area (Å²) in [7, 11) is -3.52. The first-order chi connectivity index (χ1) is 16.2. The smallest absolute Gasteiger partial charge is 0.243 e. The van der Waals surface area contributed by atoms with Crippen LogP contribution in [0.25, 0.3) is 0 Å². The molecule has 1 unspecified atom stereocenters. The second-order valence-corrected chi connectivity index (χ2v) is 11.0. The van der Waals surface area contributed by atoms with E-state index in [0.29, 0.717) is 32.5 Å². The van der Waals surface area contributed by atoms with Crippen molar-refractivity contribution in [1.29, 1.82) is 0 Å². The topological polar surface area (TPSA) is 86.8 Å². The van der Waals surface area contributed by atoms with Gasteiger partial charge >= 0.3 is 0 Å². The number of amides is 2. The highest BCUT2D eigenvalue weighted by Gasteiger charge is 2.34. The van der Waals surface area contributed by atoms with Crippen molar-refractivity contribution in [2.45, 2.75) is 64.6 Å². The molecule has 0 saturated heterocycles. The zero-order valence-electron chi connectivity index (χ0n) is 20.5. The summed E-state index contributed by atoms with van der Waals surface area (Å²) in [4.78, 5) is 28.0. The van der Waals surface area contributed by atoms with E-state index in [2.05, 4.69) is 5.32 Å². The van der Waals surface area contributed by atoms with Crippen LogP contribution in [0.3, 0.4) is 0 Å². The molecule has 184 valence electrons. The maximum absolute atomic E-state index is 13.2. The number of sulfonamides is 1. The Bertz CT molecular complexity index is 1110. The van der Waals surface area contributed by atoms with Gasteiger partial charge in [-0.05, 0) is 34.7 Å². The predicted octanol–water partition coefficient (Wildman–Crippen LogP) is 3.33. The normalized spacial score (nSPS) is 15.9. The number of hydrogen-bond acceptors (Lipinski definition) is 4. The Kier molecular flexibility index (Phi) is 8.49. The molecule has 0 spiro atoms. The van der Waals surface area contributed by atoms with Gasteiger partial charge in [0.15, 0.2) is 0 Å². The average Bonchev–Trinajstić information content (AvgIpc) is 2.82. The molecule has 0 fully saturated rings. The van der Waals surface area contributed by atoms with E-state index in [9.17, 15) is 18.0 Å². The van der Waals surface area contributed by atoms with E-state index >= 15 is 0 Å². The molecule has 1 aliphatic heterocycles. The minimum atomic E-state index is -3.52. The predicted molar refractivity (Wildman–Crippen MR) is 132 cm³/mol. The molecule has 1 N–H and O–H groups in total. The molecule has 0 aromatic heterocycles. The number of hydrogen-bond donors (Lipinski definition) is 1. The molecule has 1 heterocycles. The SMILES string of the molecule is CCN(CC)S(=O)(=O)c1ccc(CNC(=O)C2Cc3ccccc3CN2C(=O)CC(C)C)cc1. The lowest BCUT2D eigenvalue weighted by Crippen LogP contribution is -2.52. The standard InChI is InChI=1S/C26H35N3O4S/c1-5-28(6-2)34(32,33)23-13-11-20(12-14-23)17-27-26(31)24-16-21-9-7-8-10-22(21)18-29(24)25(30)15-19(3)4/h7-14,19,24H,5-6,15-18H2,1-4H3,(H,27,31). The van der Waals surface area contributed by atoms with Gasteiger partial charge in [-0.25, -0.2) is 8.42 Å². The fourth-order valence-electron chi connectivity index (χ4n) is 4.28. The van der Waals surface area contributed by atoms with Crippen LogP contribution in [-0.4, -0.2) is 48.6 Å². The van der Waals surface area contributed by atoms with Crippen LogP contribution in [0.2, 0.25) is 0 Å². The monoisotopic (exact) mass is 485 g/mol. The van der Waals surface area contributed by atoms with Crippen LogP contribution in [0, 0.1) is 5.92 Å². The van der Waals surface area contributed by atoms with Crippen molar-refractivity contribution in [2.24, 2.45) is 5.92 Å². The van der Waals surface area contributed by atoms with Gasteiger partial charge in [-0.15, -0.1) is 0 Å². The van der Waals surface area contributed by atoms with Crippen LogP contribution < -0.4 is 5.32 Å². The summed E-state index contributed by atoms with van der Waals surface area (Å²) in [6.45, 7) is 9.12. The molecule has 2 aromatic rings. The van der Waals surface area contributed by atoms with Crippen LogP contribution in [0.5, 0.6) is 0 Å². The van der Waals surface area contributed by atoms with Gasteiger partial charge in [-0.2, -0.15) is 4.31 Å². The molecule has 3 rings (SSSR count).